The lowest BCUT2D eigenvalue weighted by molar-refractivity contribution is -0.182. The van der Waals surface area contributed by atoms with E-state index in [4.69, 9.17) is 4.74 Å². The normalized spacial score (nSPS) is 18.3. The monoisotopic (exact) mass is 425 g/mol. The van der Waals surface area contributed by atoms with E-state index in [0.29, 0.717) is 12.8 Å². The van der Waals surface area contributed by atoms with Gasteiger partial charge in [-0.25, -0.2) is 4.79 Å². The van der Waals surface area contributed by atoms with Crippen LogP contribution in [-0.4, -0.2) is 40.4 Å². The molecule has 2 rings (SSSR count). The van der Waals surface area contributed by atoms with Crippen LogP contribution in [0, 0.1) is 5.92 Å². The molecule has 0 bridgehead atoms. The van der Waals surface area contributed by atoms with Gasteiger partial charge in [-0.1, -0.05) is 49.4 Å². The number of nitrogens with zero attached hydrogens (tertiary/aromatic N) is 1. The smallest absolute Gasteiger partial charge is 0.340 e. The lowest BCUT2D eigenvalue weighted by Crippen LogP contribution is -2.71. The highest BCUT2D eigenvalue weighted by atomic mass is 16.5. The molecule has 1 aliphatic heterocycles. The highest BCUT2D eigenvalue weighted by Gasteiger charge is 2.59. The molecule has 6 nitrogen and oxygen atoms in total. The minimum atomic E-state index is -1.79. The Balaban J connectivity index is 2.46. The van der Waals surface area contributed by atoms with Crippen LogP contribution in [0.25, 0.3) is 0 Å². The van der Waals surface area contributed by atoms with E-state index in [1.165, 1.54) is 11.0 Å². The number of benzene rings is 1. The lowest BCUT2D eigenvalue weighted by Gasteiger charge is -2.51. The van der Waals surface area contributed by atoms with Crippen LogP contribution in [-0.2, 0) is 30.5 Å². The zero-order valence-electron chi connectivity index (χ0n) is 18.1. The minimum Gasteiger partial charge on any atom is -0.459 e. The molecule has 1 amide bonds. The van der Waals surface area contributed by atoms with Crippen molar-refractivity contribution in [3.05, 3.63) is 61.2 Å². The third kappa shape index (κ3) is 5.19. The first-order chi connectivity index (χ1) is 15.0. The number of allylic oxidation sites excluding steroid dienone is 1. The number of hydrogen-bond acceptors (Lipinski definition) is 5. The Labute approximate surface area is 183 Å². The fourth-order valence-corrected chi connectivity index (χ4v) is 4.15. The summed E-state index contributed by atoms with van der Waals surface area (Å²) in [7, 11) is 0. The average Bonchev–Trinajstić information content (AvgIpc) is 2.78. The SMILES string of the molecule is C=CCC(CCC=O)C(=O)C(CC=C)(C(=O)OCc1ccccc1)N1C(=O)CC1CC. The molecule has 1 heterocycles. The van der Waals surface area contributed by atoms with Gasteiger partial charge in [-0.3, -0.25) is 9.59 Å². The fraction of sp³-hybridized carbons (Fsp3) is 0.440. The molecule has 0 saturated carbocycles. The van der Waals surface area contributed by atoms with E-state index >= 15 is 0 Å². The summed E-state index contributed by atoms with van der Waals surface area (Å²) in [5.74, 6) is -2.06. The second kappa shape index (κ2) is 11.4. The molecule has 0 radical (unpaired) electrons. The molecule has 3 atom stereocenters. The predicted octanol–water partition coefficient (Wildman–Crippen LogP) is 3.80. The van der Waals surface area contributed by atoms with E-state index in [1.807, 2.05) is 37.3 Å². The van der Waals surface area contributed by atoms with Gasteiger partial charge in [0, 0.05) is 31.2 Å². The average molecular weight is 426 g/mol. The molecule has 1 aromatic carbocycles. The molecular formula is C25H31NO5. The maximum atomic E-state index is 13.8. The van der Waals surface area contributed by atoms with Crippen molar-refractivity contribution in [2.75, 3.05) is 0 Å². The number of ketones is 1. The number of ether oxygens (including phenoxy) is 1. The lowest BCUT2D eigenvalue weighted by atomic mass is 9.75. The largest absolute Gasteiger partial charge is 0.459 e. The molecule has 1 fully saturated rings. The predicted molar refractivity (Wildman–Crippen MR) is 118 cm³/mol. The van der Waals surface area contributed by atoms with Crippen LogP contribution in [0.5, 0.6) is 0 Å². The number of esters is 1. The maximum absolute atomic E-state index is 13.8. The maximum Gasteiger partial charge on any atom is 0.340 e. The molecule has 3 unspecified atom stereocenters. The summed E-state index contributed by atoms with van der Waals surface area (Å²) in [4.78, 5) is 52.3. The zero-order valence-corrected chi connectivity index (χ0v) is 18.1. The molecule has 0 aliphatic carbocycles. The van der Waals surface area contributed by atoms with Gasteiger partial charge in [0.05, 0.1) is 0 Å². The third-order valence-corrected chi connectivity index (χ3v) is 5.78. The topological polar surface area (TPSA) is 80.8 Å². The summed E-state index contributed by atoms with van der Waals surface area (Å²) in [5, 5.41) is 0. The fourth-order valence-electron chi connectivity index (χ4n) is 4.15. The highest BCUT2D eigenvalue weighted by molar-refractivity contribution is 6.13. The molecule has 0 N–H and O–H groups in total. The Kier molecular flexibility index (Phi) is 8.91. The van der Waals surface area contributed by atoms with E-state index < -0.39 is 23.2 Å². The molecule has 1 aromatic rings. The first kappa shape index (κ1) is 24.3. The number of hydrogen-bond donors (Lipinski definition) is 0. The van der Waals surface area contributed by atoms with Gasteiger partial charge in [0.25, 0.3) is 0 Å². The molecule has 166 valence electrons. The van der Waals surface area contributed by atoms with Gasteiger partial charge in [0.15, 0.2) is 5.78 Å². The van der Waals surface area contributed by atoms with Gasteiger partial charge >= 0.3 is 5.97 Å². The summed E-state index contributed by atoms with van der Waals surface area (Å²) in [6.07, 6.45) is 5.43. The Morgan fingerprint density at radius 2 is 1.97 bits per heavy atom. The number of likely N-dealkylation sites (tertiary alicyclic amines) is 1. The molecule has 6 heteroatoms. The van der Waals surface area contributed by atoms with E-state index in [2.05, 4.69) is 13.2 Å². The Morgan fingerprint density at radius 1 is 1.26 bits per heavy atom. The van der Waals surface area contributed by atoms with Crippen LogP contribution < -0.4 is 0 Å². The van der Waals surface area contributed by atoms with Crippen LogP contribution in [0.1, 0.15) is 51.0 Å². The van der Waals surface area contributed by atoms with Gasteiger partial charge in [-0.2, -0.15) is 0 Å². The molecule has 0 aromatic heterocycles. The Morgan fingerprint density at radius 3 is 2.52 bits per heavy atom. The standard InChI is InChI=1S/C25H31NO5/c1-4-11-20(14-10-16-27)23(29)25(15-5-2,26-21(6-3)17-22(26)28)24(30)31-18-19-12-8-7-9-13-19/h4-5,7-9,12-13,16,20-21H,1-2,6,10-11,14-15,17-18H2,3H3. The van der Waals surface area contributed by atoms with E-state index in [-0.39, 0.29) is 44.2 Å². The molecule has 31 heavy (non-hydrogen) atoms. The summed E-state index contributed by atoms with van der Waals surface area (Å²) >= 11 is 0. The van der Waals surface area contributed by atoms with Gasteiger partial charge in [0.1, 0.15) is 12.9 Å². The van der Waals surface area contributed by atoms with Crippen molar-refractivity contribution < 1.29 is 23.9 Å². The van der Waals surface area contributed by atoms with Crippen molar-refractivity contribution in [2.24, 2.45) is 5.92 Å². The van der Waals surface area contributed by atoms with Gasteiger partial charge in [-0.05, 0) is 24.8 Å². The van der Waals surface area contributed by atoms with Gasteiger partial charge in [0.2, 0.25) is 11.4 Å². The second-order valence-electron chi connectivity index (χ2n) is 7.77. The Bertz CT molecular complexity index is 818. The van der Waals surface area contributed by atoms with Crippen LogP contribution in [0.4, 0.5) is 0 Å². The highest BCUT2D eigenvalue weighted by Crippen LogP contribution is 2.39. The number of aldehydes is 1. The van der Waals surface area contributed by atoms with Crippen molar-refractivity contribution in [1.82, 2.24) is 4.90 Å². The third-order valence-electron chi connectivity index (χ3n) is 5.78. The van der Waals surface area contributed by atoms with E-state index in [1.54, 1.807) is 6.08 Å². The summed E-state index contributed by atoms with van der Waals surface area (Å²) in [5.41, 5.74) is -1.01. The first-order valence-electron chi connectivity index (χ1n) is 10.7. The second-order valence-corrected chi connectivity index (χ2v) is 7.77. The Hall–Kier alpha value is -3.02. The number of carbonyl (C=O) groups is 4. The van der Waals surface area contributed by atoms with Crippen molar-refractivity contribution in [3.8, 4) is 0 Å². The van der Waals surface area contributed by atoms with E-state index in [9.17, 15) is 19.2 Å². The van der Waals surface area contributed by atoms with Crippen molar-refractivity contribution >= 4 is 23.9 Å². The number of rotatable bonds is 14. The summed E-state index contributed by atoms with van der Waals surface area (Å²) in [6, 6.07) is 8.93. The number of β-lactam (4-membered cyclic amide) rings is 1. The summed E-state index contributed by atoms with van der Waals surface area (Å²) < 4.78 is 5.60. The number of Topliss-reactive ketones (excluding diaryl/α,β-unsaturated/α-hetero) is 1. The molecule has 0 spiro atoms. The van der Waals surface area contributed by atoms with Gasteiger partial charge < -0.3 is 14.4 Å². The summed E-state index contributed by atoms with van der Waals surface area (Å²) in [6.45, 7) is 9.35. The minimum absolute atomic E-state index is 0.00880. The van der Waals surface area contributed by atoms with Crippen LogP contribution in [0.15, 0.2) is 55.6 Å². The quantitative estimate of drug-likeness (QED) is 0.149. The number of carbonyl (C=O) groups excluding carboxylic acids is 4. The van der Waals surface area contributed by atoms with Crippen LogP contribution in [0.2, 0.25) is 0 Å². The van der Waals surface area contributed by atoms with E-state index in [0.717, 1.165) is 11.8 Å². The van der Waals surface area contributed by atoms with Crippen molar-refractivity contribution in [2.45, 2.75) is 63.6 Å². The van der Waals surface area contributed by atoms with Crippen molar-refractivity contribution in [1.29, 1.82) is 0 Å². The van der Waals surface area contributed by atoms with Crippen molar-refractivity contribution in [3.63, 3.8) is 0 Å². The first-order valence-corrected chi connectivity index (χ1v) is 10.7. The van der Waals surface area contributed by atoms with Crippen LogP contribution in [0.3, 0.4) is 0 Å². The molecular weight excluding hydrogens is 394 g/mol. The van der Waals surface area contributed by atoms with Crippen LogP contribution >= 0.6 is 0 Å². The number of amides is 1. The molecule has 1 saturated heterocycles. The zero-order chi connectivity index (χ0) is 22.9. The van der Waals surface area contributed by atoms with Gasteiger partial charge in [-0.15, -0.1) is 13.2 Å². The molecule has 1 aliphatic rings.